The second kappa shape index (κ2) is 5.35. The molecule has 2 heterocycles. The molecule has 0 saturated heterocycles. The topological polar surface area (TPSA) is 72.0 Å². The first-order valence-electron chi connectivity index (χ1n) is 5.43. The Kier molecular flexibility index (Phi) is 3.83. The van der Waals surface area contributed by atoms with Crippen LogP contribution in [0.2, 0.25) is 0 Å². The molecule has 0 amide bonds. The Morgan fingerprint density at radius 3 is 2.76 bits per heavy atom. The van der Waals surface area contributed by atoms with Gasteiger partial charge in [0.15, 0.2) is 0 Å². The molecule has 0 aromatic carbocycles. The van der Waals surface area contributed by atoms with Crippen molar-refractivity contribution in [3.8, 4) is 0 Å². The van der Waals surface area contributed by atoms with Gasteiger partial charge in [-0.25, -0.2) is 4.98 Å². The molecule has 2 atom stereocenters. The number of aryl methyl sites for hydroxylation is 1. The molecule has 0 fully saturated rings. The van der Waals surface area contributed by atoms with Crippen molar-refractivity contribution in [1.82, 2.24) is 9.97 Å². The normalized spacial score (nSPS) is 14.5. The first-order valence-corrected chi connectivity index (χ1v) is 6.31. The first kappa shape index (κ1) is 12.2. The zero-order valence-corrected chi connectivity index (χ0v) is 10.4. The summed E-state index contributed by atoms with van der Waals surface area (Å²) in [6.45, 7) is 2.26. The number of aliphatic hydroxyl groups is 1. The molecule has 2 aromatic heterocycles. The molecule has 90 valence electrons. The summed E-state index contributed by atoms with van der Waals surface area (Å²) in [6, 6.07) is 5.61. The van der Waals surface area contributed by atoms with Crippen LogP contribution in [0.15, 0.2) is 29.8 Å². The summed E-state index contributed by atoms with van der Waals surface area (Å²) >= 11 is 1.52. The van der Waals surface area contributed by atoms with Crippen molar-refractivity contribution in [3.63, 3.8) is 0 Å². The number of hydrogen-bond acceptors (Lipinski definition) is 5. The average molecular weight is 249 g/mol. The van der Waals surface area contributed by atoms with Gasteiger partial charge >= 0.3 is 0 Å². The van der Waals surface area contributed by atoms with Crippen LogP contribution in [0.5, 0.6) is 0 Å². The molecule has 17 heavy (non-hydrogen) atoms. The van der Waals surface area contributed by atoms with Gasteiger partial charge in [-0.1, -0.05) is 6.07 Å². The number of pyridine rings is 1. The summed E-state index contributed by atoms with van der Waals surface area (Å²) in [5.41, 5.74) is 7.20. The van der Waals surface area contributed by atoms with E-state index < -0.39 is 6.10 Å². The van der Waals surface area contributed by atoms with Gasteiger partial charge in [-0.2, -0.15) is 0 Å². The van der Waals surface area contributed by atoms with Gasteiger partial charge in [0.1, 0.15) is 6.10 Å². The van der Waals surface area contributed by atoms with Crippen LogP contribution in [0.1, 0.15) is 28.4 Å². The van der Waals surface area contributed by atoms with Crippen LogP contribution in [0.3, 0.4) is 0 Å². The molecular formula is C12H15N3OS. The maximum Gasteiger partial charge on any atom is 0.106 e. The molecule has 0 aliphatic carbocycles. The fraction of sp³-hybridized carbons (Fsp3) is 0.333. The maximum atomic E-state index is 10.3. The van der Waals surface area contributed by atoms with Crippen molar-refractivity contribution in [2.24, 2.45) is 5.73 Å². The van der Waals surface area contributed by atoms with Gasteiger partial charge in [-0.15, -0.1) is 11.3 Å². The summed E-state index contributed by atoms with van der Waals surface area (Å²) in [6.07, 6.45) is 1.01. The smallest absolute Gasteiger partial charge is 0.106 e. The van der Waals surface area contributed by atoms with Gasteiger partial charge in [-0.05, 0) is 19.1 Å². The van der Waals surface area contributed by atoms with E-state index in [2.05, 4.69) is 9.97 Å². The van der Waals surface area contributed by atoms with Crippen molar-refractivity contribution in [3.05, 3.63) is 46.2 Å². The lowest BCUT2D eigenvalue weighted by atomic mass is 9.96. The molecule has 2 rings (SSSR count). The van der Waals surface area contributed by atoms with Gasteiger partial charge < -0.3 is 10.8 Å². The second-order valence-electron chi connectivity index (χ2n) is 3.83. The minimum absolute atomic E-state index is 0.210. The van der Waals surface area contributed by atoms with E-state index in [4.69, 9.17) is 5.73 Å². The zero-order chi connectivity index (χ0) is 12.3. The maximum absolute atomic E-state index is 10.3. The van der Waals surface area contributed by atoms with E-state index in [1.54, 1.807) is 6.20 Å². The van der Waals surface area contributed by atoms with Crippen LogP contribution in [-0.2, 0) is 0 Å². The van der Waals surface area contributed by atoms with Crippen molar-refractivity contribution in [2.75, 3.05) is 6.54 Å². The Bertz CT molecular complexity index is 472. The monoisotopic (exact) mass is 249 g/mol. The molecule has 2 unspecified atom stereocenters. The number of nitrogens with two attached hydrogens (primary N) is 1. The van der Waals surface area contributed by atoms with Gasteiger partial charge in [0.25, 0.3) is 0 Å². The highest BCUT2D eigenvalue weighted by molar-refractivity contribution is 7.09. The number of hydrogen-bond donors (Lipinski definition) is 2. The highest BCUT2D eigenvalue weighted by atomic mass is 32.1. The number of aromatic nitrogens is 2. The Labute approximate surface area is 104 Å². The Hall–Kier alpha value is -1.30. The SMILES string of the molecule is Cc1nc(C(O)C(CN)c2ccccn2)cs1. The van der Waals surface area contributed by atoms with E-state index >= 15 is 0 Å². The molecule has 0 aliphatic rings. The largest absolute Gasteiger partial charge is 0.386 e. The van der Waals surface area contributed by atoms with Crippen LogP contribution in [0.4, 0.5) is 0 Å². The van der Waals surface area contributed by atoms with Crippen LogP contribution in [0.25, 0.3) is 0 Å². The van der Waals surface area contributed by atoms with Gasteiger partial charge in [0.05, 0.1) is 10.7 Å². The van der Waals surface area contributed by atoms with Gasteiger partial charge in [-0.3, -0.25) is 4.98 Å². The quantitative estimate of drug-likeness (QED) is 0.863. The van der Waals surface area contributed by atoms with E-state index in [0.29, 0.717) is 12.2 Å². The lowest BCUT2D eigenvalue weighted by Gasteiger charge is -2.19. The van der Waals surface area contributed by atoms with Crippen LogP contribution >= 0.6 is 11.3 Å². The average Bonchev–Trinajstić information content (AvgIpc) is 2.78. The number of rotatable bonds is 4. The van der Waals surface area contributed by atoms with Crippen LogP contribution < -0.4 is 5.73 Å². The predicted octanol–water partition coefficient (Wildman–Crippen LogP) is 1.62. The van der Waals surface area contributed by atoms with E-state index in [1.807, 2.05) is 30.5 Å². The van der Waals surface area contributed by atoms with Crippen molar-refractivity contribution in [2.45, 2.75) is 18.9 Å². The summed E-state index contributed by atoms with van der Waals surface area (Å²) in [5, 5.41) is 13.1. The minimum atomic E-state index is -0.695. The zero-order valence-electron chi connectivity index (χ0n) is 9.58. The molecule has 0 saturated carbocycles. The fourth-order valence-electron chi connectivity index (χ4n) is 1.73. The third-order valence-electron chi connectivity index (χ3n) is 2.64. The standard InChI is InChI=1S/C12H15N3OS/c1-8-15-11(7-17-8)12(16)9(6-13)10-4-2-3-5-14-10/h2-5,7,9,12,16H,6,13H2,1H3. The third-order valence-corrected chi connectivity index (χ3v) is 3.43. The van der Waals surface area contributed by atoms with Crippen LogP contribution in [0, 0.1) is 6.92 Å². The minimum Gasteiger partial charge on any atom is -0.386 e. The summed E-state index contributed by atoms with van der Waals surface area (Å²) in [5.74, 6) is -0.210. The predicted molar refractivity (Wildman–Crippen MR) is 67.8 cm³/mol. The molecule has 3 N–H and O–H groups in total. The van der Waals surface area contributed by atoms with Gasteiger partial charge in [0, 0.05) is 29.7 Å². The first-order chi connectivity index (χ1) is 8.22. The summed E-state index contributed by atoms with van der Waals surface area (Å²) in [4.78, 5) is 8.53. The Balaban J connectivity index is 2.25. The molecule has 0 aliphatic heterocycles. The third kappa shape index (κ3) is 2.69. The van der Waals surface area contributed by atoms with E-state index in [9.17, 15) is 5.11 Å². The highest BCUT2D eigenvalue weighted by Gasteiger charge is 2.24. The van der Waals surface area contributed by atoms with E-state index in [1.165, 1.54) is 11.3 Å². The molecular weight excluding hydrogens is 234 g/mol. The Morgan fingerprint density at radius 1 is 1.41 bits per heavy atom. The number of nitrogens with zero attached hydrogens (tertiary/aromatic N) is 2. The molecule has 5 heteroatoms. The molecule has 4 nitrogen and oxygen atoms in total. The fourth-order valence-corrected chi connectivity index (χ4v) is 2.37. The lowest BCUT2D eigenvalue weighted by Crippen LogP contribution is -2.21. The van der Waals surface area contributed by atoms with Crippen molar-refractivity contribution < 1.29 is 5.11 Å². The van der Waals surface area contributed by atoms with Crippen LogP contribution in [-0.4, -0.2) is 21.6 Å². The highest BCUT2D eigenvalue weighted by Crippen LogP contribution is 2.29. The number of aliphatic hydroxyl groups excluding tert-OH is 1. The van der Waals surface area contributed by atoms with Gasteiger partial charge in [0.2, 0.25) is 0 Å². The molecule has 0 bridgehead atoms. The summed E-state index contributed by atoms with van der Waals surface area (Å²) < 4.78 is 0. The van der Waals surface area contributed by atoms with E-state index in [0.717, 1.165) is 10.7 Å². The Morgan fingerprint density at radius 2 is 2.24 bits per heavy atom. The molecule has 0 radical (unpaired) electrons. The van der Waals surface area contributed by atoms with E-state index in [-0.39, 0.29) is 5.92 Å². The molecule has 0 spiro atoms. The summed E-state index contributed by atoms with van der Waals surface area (Å²) in [7, 11) is 0. The van der Waals surface area contributed by atoms with Crippen molar-refractivity contribution in [1.29, 1.82) is 0 Å². The second-order valence-corrected chi connectivity index (χ2v) is 4.90. The number of thiazole rings is 1. The molecule has 2 aromatic rings. The lowest BCUT2D eigenvalue weighted by molar-refractivity contribution is 0.142. The van der Waals surface area contributed by atoms with Crippen molar-refractivity contribution >= 4 is 11.3 Å².